The minimum atomic E-state index is -3.64. The van der Waals surface area contributed by atoms with Crippen LogP contribution in [0.25, 0.3) is 0 Å². The first-order chi connectivity index (χ1) is 12.6. The van der Waals surface area contributed by atoms with Gasteiger partial charge in [-0.25, -0.2) is 13.1 Å². The maximum absolute atomic E-state index is 13.0. The van der Waals surface area contributed by atoms with Crippen molar-refractivity contribution in [3.05, 3.63) is 34.0 Å². The molecule has 0 aliphatic carbocycles. The van der Waals surface area contributed by atoms with Crippen molar-refractivity contribution in [2.45, 2.75) is 31.4 Å². The fraction of sp³-hybridized carbons (Fsp3) is 0.412. The monoisotopic (exact) mass is 414 g/mol. The molecular weight excluding hydrogens is 396 g/mol. The molecule has 0 saturated carbocycles. The molecule has 3 rings (SSSR count). The summed E-state index contributed by atoms with van der Waals surface area (Å²) in [6, 6.07) is 2.59. The van der Waals surface area contributed by atoms with E-state index in [1.54, 1.807) is 13.8 Å². The van der Waals surface area contributed by atoms with E-state index in [0.29, 0.717) is 25.5 Å². The Hall–Kier alpha value is -2.10. The number of hydrogen-bond acceptors (Lipinski definition) is 7. The van der Waals surface area contributed by atoms with Crippen molar-refractivity contribution < 1.29 is 27.8 Å². The fourth-order valence-electron chi connectivity index (χ4n) is 2.75. The first kappa shape index (κ1) is 19.7. The molecule has 27 heavy (non-hydrogen) atoms. The summed E-state index contributed by atoms with van der Waals surface area (Å²) in [4.78, 5) is 12.9. The lowest BCUT2D eigenvalue weighted by Crippen LogP contribution is -2.39. The number of carbonyl (C=O) groups excluding carboxylic acids is 1. The van der Waals surface area contributed by atoms with E-state index in [1.807, 2.05) is 0 Å². The van der Waals surface area contributed by atoms with Crippen LogP contribution in [0.2, 0.25) is 5.02 Å². The highest BCUT2D eigenvalue weighted by atomic mass is 35.5. The van der Waals surface area contributed by atoms with Gasteiger partial charge in [-0.3, -0.25) is 4.79 Å². The molecule has 1 aliphatic heterocycles. The van der Waals surface area contributed by atoms with Gasteiger partial charge in [0.2, 0.25) is 11.7 Å². The van der Waals surface area contributed by atoms with E-state index in [0.717, 1.165) is 6.26 Å². The maximum atomic E-state index is 13.0. The predicted octanol–water partition coefficient (Wildman–Crippen LogP) is 1.98. The second-order valence-electron chi connectivity index (χ2n) is 6.23. The second-order valence-corrected chi connectivity index (χ2v) is 8.59. The van der Waals surface area contributed by atoms with Crippen molar-refractivity contribution in [1.82, 2.24) is 9.78 Å². The summed E-state index contributed by atoms with van der Waals surface area (Å²) in [5.74, 6) is -0.916. The Kier molecular flexibility index (Phi) is 5.20. The minimum absolute atomic E-state index is 0.0174. The van der Waals surface area contributed by atoms with Gasteiger partial charge in [-0.15, -0.1) is 0 Å². The zero-order chi connectivity index (χ0) is 19.9. The molecule has 2 aromatic rings. The lowest BCUT2D eigenvalue weighted by Gasteiger charge is -2.28. The molecule has 0 bridgehead atoms. The average molecular weight is 415 g/mol. The van der Waals surface area contributed by atoms with Gasteiger partial charge in [-0.1, -0.05) is 11.6 Å². The molecule has 0 amide bonds. The minimum Gasteiger partial charge on any atom is -0.493 e. The standard InChI is InChI=1S/C17H19ClN2O6S/c1-4-20-17(22)13(9(2)19-20)15(21)11-5-6-12(27(3,23)24)16(14(11)18)26-10-7-25-8-10/h5-6,10,22H,4,7-8H2,1-3H3. The topological polar surface area (TPSA) is 108 Å². The first-order valence-corrected chi connectivity index (χ1v) is 10.5. The number of aryl methyl sites for hydroxylation is 2. The first-order valence-electron chi connectivity index (χ1n) is 8.23. The largest absolute Gasteiger partial charge is 0.493 e. The maximum Gasteiger partial charge on any atom is 0.221 e. The van der Waals surface area contributed by atoms with Crippen molar-refractivity contribution in [1.29, 1.82) is 0 Å². The zero-order valence-corrected chi connectivity index (χ0v) is 16.6. The third-order valence-electron chi connectivity index (χ3n) is 4.22. The summed E-state index contributed by atoms with van der Waals surface area (Å²) >= 11 is 6.38. The van der Waals surface area contributed by atoms with Gasteiger partial charge in [0, 0.05) is 18.4 Å². The Labute approximate surface area is 161 Å². The number of aromatic hydroxyl groups is 1. The van der Waals surface area contributed by atoms with E-state index in [4.69, 9.17) is 21.1 Å². The number of carbonyl (C=O) groups is 1. The van der Waals surface area contributed by atoms with E-state index in [-0.39, 0.29) is 38.8 Å². The summed E-state index contributed by atoms with van der Waals surface area (Å²) < 4.78 is 36.2. The Bertz CT molecular complexity index is 1010. The van der Waals surface area contributed by atoms with Crippen molar-refractivity contribution in [3.8, 4) is 11.6 Å². The van der Waals surface area contributed by atoms with E-state index in [9.17, 15) is 18.3 Å². The molecule has 8 nitrogen and oxygen atoms in total. The van der Waals surface area contributed by atoms with E-state index in [1.165, 1.54) is 16.8 Å². The number of hydrogen-bond donors (Lipinski definition) is 1. The molecule has 1 aliphatic rings. The Morgan fingerprint density at radius 3 is 2.59 bits per heavy atom. The molecule has 1 saturated heterocycles. The summed E-state index contributed by atoms with van der Waals surface area (Å²) in [7, 11) is -3.64. The van der Waals surface area contributed by atoms with Crippen LogP contribution in [-0.2, 0) is 21.1 Å². The molecule has 0 spiro atoms. The third-order valence-corrected chi connectivity index (χ3v) is 5.72. The molecule has 1 N–H and O–H groups in total. The molecule has 0 radical (unpaired) electrons. The Morgan fingerprint density at radius 2 is 2.11 bits per heavy atom. The summed E-state index contributed by atoms with van der Waals surface area (Å²) in [6.07, 6.45) is 0.692. The summed E-state index contributed by atoms with van der Waals surface area (Å²) in [6.45, 7) is 4.38. The molecule has 1 aromatic heterocycles. The summed E-state index contributed by atoms with van der Waals surface area (Å²) in [5.41, 5.74) is 0.384. The third kappa shape index (κ3) is 3.54. The molecule has 10 heteroatoms. The van der Waals surface area contributed by atoms with Gasteiger partial charge in [0.05, 0.1) is 23.9 Å². The molecule has 1 fully saturated rings. The predicted molar refractivity (Wildman–Crippen MR) is 97.5 cm³/mol. The number of nitrogens with zero attached hydrogens (tertiary/aromatic N) is 2. The SMILES string of the molecule is CCn1nc(C)c(C(=O)c2ccc(S(C)(=O)=O)c(OC3COC3)c2Cl)c1O. The van der Waals surface area contributed by atoms with Gasteiger partial charge in [0.25, 0.3) is 0 Å². The van der Waals surface area contributed by atoms with Gasteiger partial charge in [-0.2, -0.15) is 5.10 Å². The van der Waals surface area contributed by atoms with Crippen LogP contribution in [0.15, 0.2) is 17.0 Å². The molecular formula is C17H19ClN2O6S. The van der Waals surface area contributed by atoms with Gasteiger partial charge in [-0.05, 0) is 26.0 Å². The second kappa shape index (κ2) is 7.14. The number of benzene rings is 1. The Balaban J connectivity index is 2.12. The number of halogens is 1. The average Bonchev–Trinajstić information content (AvgIpc) is 2.84. The van der Waals surface area contributed by atoms with E-state index in [2.05, 4.69) is 5.10 Å². The highest BCUT2D eigenvalue weighted by molar-refractivity contribution is 7.90. The highest BCUT2D eigenvalue weighted by Crippen LogP contribution is 2.38. The van der Waals surface area contributed by atoms with Crippen molar-refractivity contribution in [2.24, 2.45) is 0 Å². The van der Waals surface area contributed by atoms with Gasteiger partial charge in [0.1, 0.15) is 16.6 Å². The van der Waals surface area contributed by atoms with Crippen LogP contribution in [0.3, 0.4) is 0 Å². The van der Waals surface area contributed by atoms with E-state index >= 15 is 0 Å². The highest BCUT2D eigenvalue weighted by Gasteiger charge is 2.30. The number of ketones is 1. The van der Waals surface area contributed by atoms with Crippen LogP contribution in [0, 0.1) is 6.92 Å². The fourth-order valence-corrected chi connectivity index (χ4v) is 3.91. The van der Waals surface area contributed by atoms with Gasteiger partial charge in [0.15, 0.2) is 15.6 Å². The van der Waals surface area contributed by atoms with Crippen LogP contribution >= 0.6 is 11.6 Å². The van der Waals surface area contributed by atoms with Crippen LogP contribution in [0.1, 0.15) is 28.5 Å². The quantitative estimate of drug-likeness (QED) is 0.720. The van der Waals surface area contributed by atoms with Gasteiger partial charge >= 0.3 is 0 Å². The lowest BCUT2D eigenvalue weighted by atomic mass is 10.0. The normalized spacial score (nSPS) is 14.8. The molecule has 146 valence electrons. The number of sulfone groups is 1. The van der Waals surface area contributed by atoms with Crippen LogP contribution < -0.4 is 4.74 Å². The smallest absolute Gasteiger partial charge is 0.221 e. The number of ether oxygens (including phenoxy) is 2. The van der Waals surface area contributed by atoms with Crippen LogP contribution in [0.4, 0.5) is 0 Å². The lowest BCUT2D eigenvalue weighted by molar-refractivity contribution is -0.0806. The van der Waals surface area contributed by atoms with Gasteiger partial charge < -0.3 is 14.6 Å². The van der Waals surface area contributed by atoms with Crippen molar-refractivity contribution in [3.63, 3.8) is 0 Å². The summed E-state index contributed by atoms with van der Waals surface area (Å²) in [5, 5.41) is 14.3. The van der Waals surface area contributed by atoms with Crippen molar-refractivity contribution >= 4 is 27.2 Å². The number of rotatable bonds is 6. The molecule has 2 heterocycles. The van der Waals surface area contributed by atoms with Crippen molar-refractivity contribution in [2.75, 3.05) is 19.5 Å². The molecule has 1 aromatic carbocycles. The van der Waals surface area contributed by atoms with E-state index < -0.39 is 15.6 Å². The molecule has 0 atom stereocenters. The zero-order valence-electron chi connectivity index (χ0n) is 15.0. The molecule has 0 unspecified atom stereocenters. The van der Waals surface area contributed by atoms with Crippen LogP contribution in [0.5, 0.6) is 11.6 Å². The number of aromatic nitrogens is 2. The Morgan fingerprint density at radius 1 is 1.44 bits per heavy atom. The van der Waals surface area contributed by atoms with Crippen LogP contribution in [-0.4, -0.2) is 54.7 Å².